The average molecular weight is 385 g/mol. The van der Waals surface area contributed by atoms with E-state index in [9.17, 15) is 9.18 Å². The van der Waals surface area contributed by atoms with Crippen LogP contribution in [0.1, 0.15) is 19.8 Å². The molecule has 0 saturated carbocycles. The number of halogens is 1. The molecule has 1 heterocycles. The summed E-state index contributed by atoms with van der Waals surface area (Å²) in [4.78, 5) is 16.9. The van der Waals surface area contributed by atoms with Gasteiger partial charge in [-0.15, -0.1) is 0 Å². The number of anilines is 1. The lowest BCUT2D eigenvalue weighted by molar-refractivity contribution is 0.217. The van der Waals surface area contributed by atoms with Gasteiger partial charge in [0.1, 0.15) is 11.6 Å². The molecule has 6 heteroatoms. The molecule has 0 aliphatic carbocycles. The van der Waals surface area contributed by atoms with Gasteiger partial charge < -0.3 is 19.9 Å². The summed E-state index contributed by atoms with van der Waals surface area (Å²) in [5.74, 6) is 1.01. The average Bonchev–Trinajstić information content (AvgIpc) is 3.12. The first-order valence-electron chi connectivity index (χ1n) is 9.82. The van der Waals surface area contributed by atoms with Crippen molar-refractivity contribution < 1.29 is 13.9 Å². The number of ether oxygens (including phenoxy) is 1. The van der Waals surface area contributed by atoms with Crippen LogP contribution in [0.25, 0.3) is 0 Å². The molecule has 0 bridgehead atoms. The normalized spacial score (nSPS) is 16.4. The van der Waals surface area contributed by atoms with Crippen LogP contribution in [0.5, 0.6) is 11.5 Å². The fourth-order valence-electron chi connectivity index (χ4n) is 3.59. The molecule has 0 radical (unpaired) electrons. The molecule has 1 saturated heterocycles. The molecule has 2 amide bonds. The number of para-hydroxylation sites is 2. The molecule has 28 heavy (non-hydrogen) atoms. The van der Waals surface area contributed by atoms with Crippen LogP contribution in [0.2, 0.25) is 0 Å². The zero-order valence-corrected chi connectivity index (χ0v) is 16.5. The van der Waals surface area contributed by atoms with E-state index in [4.69, 9.17) is 4.74 Å². The van der Waals surface area contributed by atoms with Crippen LogP contribution in [-0.2, 0) is 0 Å². The maximum absolute atomic E-state index is 13.4. The van der Waals surface area contributed by atoms with Gasteiger partial charge in [0.05, 0.1) is 5.69 Å². The Bertz CT molecular complexity index is 799. The number of likely N-dealkylation sites (tertiary alicyclic amines) is 1. The Balaban J connectivity index is 1.60. The molecule has 2 aromatic carbocycles. The lowest BCUT2D eigenvalue weighted by Crippen LogP contribution is -2.34. The first kappa shape index (κ1) is 20.1. The molecule has 3 rings (SSSR count). The summed E-state index contributed by atoms with van der Waals surface area (Å²) in [7, 11) is 2.13. The topological polar surface area (TPSA) is 44.8 Å². The minimum atomic E-state index is -0.366. The van der Waals surface area contributed by atoms with Gasteiger partial charge in [0.25, 0.3) is 0 Å². The van der Waals surface area contributed by atoms with Crippen LogP contribution < -0.4 is 10.1 Å². The largest absolute Gasteiger partial charge is 0.455 e. The van der Waals surface area contributed by atoms with Crippen LogP contribution in [0.3, 0.4) is 0 Å². The zero-order chi connectivity index (χ0) is 19.9. The minimum absolute atomic E-state index is 0.129. The zero-order valence-electron chi connectivity index (χ0n) is 16.5. The van der Waals surface area contributed by atoms with Crippen molar-refractivity contribution >= 4 is 11.7 Å². The molecule has 1 aliphatic rings. The molecule has 1 N–H and O–H groups in total. The minimum Gasteiger partial charge on any atom is -0.455 e. The second-order valence-electron chi connectivity index (χ2n) is 7.35. The van der Waals surface area contributed by atoms with Crippen molar-refractivity contribution in [3.63, 3.8) is 0 Å². The van der Waals surface area contributed by atoms with E-state index >= 15 is 0 Å². The molecule has 0 aromatic heterocycles. The molecule has 5 nitrogen and oxygen atoms in total. The fraction of sp³-hybridized carbons (Fsp3) is 0.409. The SMILES string of the molecule is CCCN(C)C[C@@H]1CCN(C(=O)Nc2ccccc2Oc2cccc(F)c2)C1. The van der Waals surface area contributed by atoms with Crippen molar-refractivity contribution in [2.24, 2.45) is 5.92 Å². The van der Waals surface area contributed by atoms with E-state index < -0.39 is 0 Å². The Labute approximate surface area is 166 Å². The van der Waals surface area contributed by atoms with E-state index in [1.165, 1.54) is 12.1 Å². The molecule has 1 fully saturated rings. The number of hydrogen-bond donors (Lipinski definition) is 1. The summed E-state index contributed by atoms with van der Waals surface area (Å²) in [6.07, 6.45) is 2.15. The highest BCUT2D eigenvalue weighted by Crippen LogP contribution is 2.30. The van der Waals surface area contributed by atoms with Crippen molar-refractivity contribution in [2.75, 3.05) is 38.5 Å². The summed E-state index contributed by atoms with van der Waals surface area (Å²) < 4.78 is 19.2. The Morgan fingerprint density at radius 3 is 2.89 bits per heavy atom. The molecular weight excluding hydrogens is 357 g/mol. The van der Waals surface area contributed by atoms with Gasteiger partial charge in [-0.1, -0.05) is 25.1 Å². The first-order chi connectivity index (χ1) is 13.5. The summed E-state index contributed by atoms with van der Waals surface area (Å²) in [5, 5.41) is 2.94. The van der Waals surface area contributed by atoms with Gasteiger partial charge in [0.2, 0.25) is 0 Å². The number of rotatable bonds is 7. The molecular formula is C22H28FN3O2. The fourth-order valence-corrected chi connectivity index (χ4v) is 3.59. The third kappa shape index (κ3) is 5.45. The number of carbonyl (C=O) groups excluding carboxylic acids is 1. The van der Waals surface area contributed by atoms with Gasteiger partial charge in [0.15, 0.2) is 5.75 Å². The Kier molecular flexibility index (Phi) is 6.87. The van der Waals surface area contributed by atoms with E-state index in [0.29, 0.717) is 23.1 Å². The molecule has 150 valence electrons. The lowest BCUT2D eigenvalue weighted by atomic mass is 10.1. The van der Waals surface area contributed by atoms with Gasteiger partial charge in [-0.25, -0.2) is 9.18 Å². The number of amides is 2. The van der Waals surface area contributed by atoms with Crippen molar-refractivity contribution in [2.45, 2.75) is 19.8 Å². The highest BCUT2D eigenvalue weighted by atomic mass is 19.1. The molecule has 2 aromatic rings. The maximum Gasteiger partial charge on any atom is 0.321 e. The Hall–Kier alpha value is -2.60. The smallest absolute Gasteiger partial charge is 0.321 e. The maximum atomic E-state index is 13.4. The van der Waals surface area contributed by atoms with Crippen molar-refractivity contribution in [3.8, 4) is 11.5 Å². The Morgan fingerprint density at radius 2 is 2.11 bits per heavy atom. The number of urea groups is 1. The first-order valence-corrected chi connectivity index (χ1v) is 9.82. The van der Waals surface area contributed by atoms with Crippen LogP contribution in [0.15, 0.2) is 48.5 Å². The van der Waals surface area contributed by atoms with E-state index in [2.05, 4.69) is 24.2 Å². The highest BCUT2D eigenvalue weighted by Gasteiger charge is 2.27. The quantitative estimate of drug-likeness (QED) is 0.744. The summed E-state index contributed by atoms with van der Waals surface area (Å²) in [6.45, 7) is 5.77. The Morgan fingerprint density at radius 1 is 1.29 bits per heavy atom. The van der Waals surface area contributed by atoms with Crippen LogP contribution in [-0.4, -0.2) is 49.1 Å². The summed E-state index contributed by atoms with van der Waals surface area (Å²) in [5.41, 5.74) is 0.573. The van der Waals surface area contributed by atoms with Crippen LogP contribution in [0, 0.1) is 11.7 Å². The molecule has 1 atom stereocenters. The number of benzene rings is 2. The van der Waals surface area contributed by atoms with Gasteiger partial charge in [-0.2, -0.15) is 0 Å². The predicted molar refractivity (Wildman–Crippen MR) is 109 cm³/mol. The summed E-state index contributed by atoms with van der Waals surface area (Å²) >= 11 is 0. The third-order valence-electron chi connectivity index (χ3n) is 4.90. The van der Waals surface area contributed by atoms with Crippen molar-refractivity contribution in [1.82, 2.24) is 9.80 Å². The highest BCUT2D eigenvalue weighted by molar-refractivity contribution is 5.91. The molecule has 0 unspecified atom stereocenters. The van der Waals surface area contributed by atoms with Gasteiger partial charge in [-0.05, 0) is 56.6 Å². The second kappa shape index (κ2) is 9.55. The standard InChI is InChI=1S/C22H28FN3O2/c1-3-12-25(2)15-17-11-13-26(16-17)22(27)24-20-9-4-5-10-21(20)28-19-8-6-7-18(23)14-19/h4-10,14,17H,3,11-13,15-16H2,1-2H3,(H,24,27)/t17-/m0/s1. The van der Waals surface area contributed by atoms with Crippen LogP contribution >= 0.6 is 0 Å². The van der Waals surface area contributed by atoms with Gasteiger partial charge in [0, 0.05) is 25.7 Å². The second-order valence-corrected chi connectivity index (χ2v) is 7.35. The number of carbonyl (C=O) groups is 1. The number of nitrogens with zero attached hydrogens (tertiary/aromatic N) is 2. The number of hydrogen-bond acceptors (Lipinski definition) is 3. The van der Waals surface area contributed by atoms with E-state index in [-0.39, 0.29) is 11.8 Å². The predicted octanol–water partition coefficient (Wildman–Crippen LogP) is 4.81. The van der Waals surface area contributed by atoms with Crippen molar-refractivity contribution in [1.29, 1.82) is 0 Å². The van der Waals surface area contributed by atoms with E-state index in [1.54, 1.807) is 24.3 Å². The van der Waals surface area contributed by atoms with E-state index in [0.717, 1.165) is 39.0 Å². The molecule has 0 spiro atoms. The van der Waals surface area contributed by atoms with Crippen LogP contribution in [0.4, 0.5) is 14.9 Å². The van der Waals surface area contributed by atoms with Gasteiger partial charge in [-0.3, -0.25) is 0 Å². The molecule has 1 aliphatic heterocycles. The lowest BCUT2D eigenvalue weighted by Gasteiger charge is -2.21. The monoisotopic (exact) mass is 385 g/mol. The third-order valence-corrected chi connectivity index (χ3v) is 4.90. The number of nitrogens with one attached hydrogen (secondary N) is 1. The van der Waals surface area contributed by atoms with E-state index in [1.807, 2.05) is 17.0 Å². The van der Waals surface area contributed by atoms with Crippen molar-refractivity contribution in [3.05, 3.63) is 54.3 Å². The van der Waals surface area contributed by atoms with Gasteiger partial charge >= 0.3 is 6.03 Å². The summed E-state index contributed by atoms with van der Waals surface area (Å²) in [6, 6.07) is 13.0.